The summed E-state index contributed by atoms with van der Waals surface area (Å²) in [6, 6.07) is 7.97. The fourth-order valence-corrected chi connectivity index (χ4v) is 3.39. The lowest BCUT2D eigenvalue weighted by Crippen LogP contribution is -2.37. The molecule has 0 spiro atoms. The number of aryl methyl sites for hydroxylation is 1. The molecule has 0 radical (unpaired) electrons. The van der Waals surface area contributed by atoms with Gasteiger partial charge in [0.25, 0.3) is 0 Å². The maximum atomic E-state index is 6.27. The Labute approximate surface area is 153 Å². The van der Waals surface area contributed by atoms with Crippen molar-refractivity contribution < 1.29 is 4.74 Å². The van der Waals surface area contributed by atoms with Gasteiger partial charge in [0.2, 0.25) is 5.88 Å². The van der Waals surface area contributed by atoms with Crippen LogP contribution in [-0.2, 0) is 13.6 Å². The van der Waals surface area contributed by atoms with E-state index in [0.717, 1.165) is 43.6 Å². The van der Waals surface area contributed by atoms with Gasteiger partial charge in [0.15, 0.2) is 0 Å². The van der Waals surface area contributed by atoms with E-state index in [2.05, 4.69) is 32.2 Å². The van der Waals surface area contributed by atoms with Crippen molar-refractivity contribution in [2.75, 3.05) is 13.1 Å². The first-order chi connectivity index (χ1) is 12.8. The SMILES string of the molecule is Cn1cc(CN2CCC(Oc3ncccc3-c3ccncc3)CC2)cn1. The summed E-state index contributed by atoms with van der Waals surface area (Å²) in [5, 5.41) is 4.24. The van der Waals surface area contributed by atoms with E-state index in [4.69, 9.17) is 4.74 Å². The van der Waals surface area contributed by atoms with Crippen LogP contribution in [0.3, 0.4) is 0 Å². The molecule has 134 valence electrons. The van der Waals surface area contributed by atoms with Crippen LogP contribution in [0.25, 0.3) is 11.1 Å². The predicted octanol–water partition coefficient (Wildman–Crippen LogP) is 2.92. The van der Waals surface area contributed by atoms with Crippen molar-refractivity contribution >= 4 is 0 Å². The molecule has 1 aliphatic rings. The van der Waals surface area contributed by atoms with E-state index < -0.39 is 0 Å². The van der Waals surface area contributed by atoms with Crippen LogP contribution in [0, 0.1) is 0 Å². The highest BCUT2D eigenvalue weighted by Crippen LogP contribution is 2.29. The molecule has 6 heteroatoms. The van der Waals surface area contributed by atoms with Crippen LogP contribution in [0.4, 0.5) is 0 Å². The minimum absolute atomic E-state index is 0.204. The molecular formula is C20H23N5O. The number of piperidine rings is 1. The number of ether oxygens (including phenoxy) is 1. The summed E-state index contributed by atoms with van der Waals surface area (Å²) in [4.78, 5) is 11.0. The van der Waals surface area contributed by atoms with Gasteiger partial charge in [-0.15, -0.1) is 0 Å². The fraction of sp³-hybridized carbons (Fsp3) is 0.350. The van der Waals surface area contributed by atoms with Gasteiger partial charge in [0.1, 0.15) is 6.10 Å². The molecule has 0 atom stereocenters. The van der Waals surface area contributed by atoms with Gasteiger partial charge in [-0.25, -0.2) is 4.98 Å². The third-order valence-corrected chi connectivity index (χ3v) is 4.74. The number of likely N-dealkylation sites (tertiary alicyclic amines) is 1. The molecule has 0 unspecified atom stereocenters. The molecule has 0 N–H and O–H groups in total. The molecule has 6 nitrogen and oxygen atoms in total. The van der Waals surface area contributed by atoms with Crippen molar-refractivity contribution in [2.45, 2.75) is 25.5 Å². The lowest BCUT2D eigenvalue weighted by atomic mass is 10.1. The summed E-state index contributed by atoms with van der Waals surface area (Å²) >= 11 is 0. The summed E-state index contributed by atoms with van der Waals surface area (Å²) in [6.07, 6.45) is 11.6. The van der Waals surface area contributed by atoms with Crippen LogP contribution >= 0.6 is 0 Å². The van der Waals surface area contributed by atoms with Crippen LogP contribution in [-0.4, -0.2) is 43.8 Å². The molecule has 26 heavy (non-hydrogen) atoms. The highest BCUT2D eigenvalue weighted by atomic mass is 16.5. The smallest absolute Gasteiger partial charge is 0.221 e. The zero-order valence-corrected chi connectivity index (χ0v) is 15.0. The maximum Gasteiger partial charge on any atom is 0.221 e. The molecule has 4 rings (SSSR count). The molecule has 0 saturated carbocycles. The van der Waals surface area contributed by atoms with Gasteiger partial charge in [-0.3, -0.25) is 14.6 Å². The second kappa shape index (κ2) is 7.66. The van der Waals surface area contributed by atoms with Crippen molar-refractivity contribution in [1.29, 1.82) is 0 Å². The van der Waals surface area contributed by atoms with Gasteiger partial charge in [-0.2, -0.15) is 5.10 Å². The first-order valence-electron chi connectivity index (χ1n) is 9.00. The van der Waals surface area contributed by atoms with E-state index in [-0.39, 0.29) is 6.10 Å². The molecule has 1 aliphatic heterocycles. The third-order valence-electron chi connectivity index (χ3n) is 4.74. The molecule has 4 heterocycles. The second-order valence-corrected chi connectivity index (χ2v) is 6.71. The minimum Gasteiger partial charge on any atom is -0.474 e. The lowest BCUT2D eigenvalue weighted by Gasteiger charge is -2.31. The highest BCUT2D eigenvalue weighted by Gasteiger charge is 2.22. The predicted molar refractivity (Wildman–Crippen MR) is 99.6 cm³/mol. The normalized spacial score (nSPS) is 15.9. The first-order valence-corrected chi connectivity index (χ1v) is 9.00. The minimum atomic E-state index is 0.204. The largest absolute Gasteiger partial charge is 0.474 e. The average molecular weight is 349 g/mol. The van der Waals surface area contributed by atoms with Crippen molar-refractivity contribution in [3.05, 3.63) is 60.8 Å². The zero-order chi connectivity index (χ0) is 17.8. The molecule has 3 aromatic rings. The summed E-state index contributed by atoms with van der Waals surface area (Å²) in [7, 11) is 1.96. The van der Waals surface area contributed by atoms with Crippen LogP contribution in [0.5, 0.6) is 5.88 Å². The number of aromatic nitrogens is 4. The van der Waals surface area contributed by atoms with E-state index in [9.17, 15) is 0 Å². The van der Waals surface area contributed by atoms with E-state index in [1.807, 2.05) is 36.1 Å². The van der Waals surface area contributed by atoms with Crippen molar-refractivity contribution in [3.63, 3.8) is 0 Å². The first kappa shape index (κ1) is 16.7. The Morgan fingerprint density at radius 2 is 1.92 bits per heavy atom. The Morgan fingerprint density at radius 1 is 1.12 bits per heavy atom. The fourth-order valence-electron chi connectivity index (χ4n) is 3.39. The number of pyridine rings is 2. The highest BCUT2D eigenvalue weighted by molar-refractivity contribution is 5.67. The average Bonchev–Trinajstić information content (AvgIpc) is 3.09. The molecule has 0 aromatic carbocycles. The molecule has 1 fully saturated rings. The number of hydrogen-bond acceptors (Lipinski definition) is 5. The van der Waals surface area contributed by atoms with Crippen LogP contribution in [0.15, 0.2) is 55.2 Å². The number of hydrogen-bond donors (Lipinski definition) is 0. The molecule has 1 saturated heterocycles. The second-order valence-electron chi connectivity index (χ2n) is 6.71. The zero-order valence-electron chi connectivity index (χ0n) is 15.0. The van der Waals surface area contributed by atoms with E-state index in [1.165, 1.54) is 5.56 Å². The van der Waals surface area contributed by atoms with Crippen molar-refractivity contribution in [2.24, 2.45) is 7.05 Å². The van der Waals surface area contributed by atoms with Gasteiger partial charge >= 0.3 is 0 Å². The quantitative estimate of drug-likeness (QED) is 0.709. The van der Waals surface area contributed by atoms with Crippen LogP contribution < -0.4 is 4.74 Å². The molecule has 0 bridgehead atoms. The third kappa shape index (κ3) is 3.91. The summed E-state index contributed by atoms with van der Waals surface area (Å²) in [6.45, 7) is 3.00. The Balaban J connectivity index is 1.38. The van der Waals surface area contributed by atoms with Crippen LogP contribution in [0.2, 0.25) is 0 Å². The Kier molecular flexibility index (Phi) is 4.93. The Morgan fingerprint density at radius 3 is 2.65 bits per heavy atom. The molecule has 3 aromatic heterocycles. The van der Waals surface area contributed by atoms with Gasteiger partial charge in [-0.05, 0) is 42.7 Å². The lowest BCUT2D eigenvalue weighted by molar-refractivity contribution is 0.0937. The van der Waals surface area contributed by atoms with Gasteiger partial charge in [-0.1, -0.05) is 0 Å². The summed E-state index contributed by atoms with van der Waals surface area (Å²) in [5.74, 6) is 0.712. The van der Waals surface area contributed by atoms with E-state index in [0.29, 0.717) is 5.88 Å². The van der Waals surface area contributed by atoms with Crippen molar-refractivity contribution in [3.8, 4) is 17.0 Å². The number of rotatable bonds is 5. The summed E-state index contributed by atoms with van der Waals surface area (Å²) in [5.41, 5.74) is 3.36. The number of nitrogens with zero attached hydrogens (tertiary/aromatic N) is 5. The van der Waals surface area contributed by atoms with E-state index in [1.54, 1.807) is 18.6 Å². The molecular weight excluding hydrogens is 326 g/mol. The Bertz CT molecular complexity index is 840. The Hall–Kier alpha value is -2.73. The summed E-state index contributed by atoms with van der Waals surface area (Å²) < 4.78 is 8.12. The molecule has 0 amide bonds. The van der Waals surface area contributed by atoms with Crippen LogP contribution in [0.1, 0.15) is 18.4 Å². The van der Waals surface area contributed by atoms with E-state index >= 15 is 0 Å². The van der Waals surface area contributed by atoms with Gasteiger partial charge < -0.3 is 4.74 Å². The van der Waals surface area contributed by atoms with Gasteiger partial charge in [0, 0.05) is 62.6 Å². The monoisotopic (exact) mass is 349 g/mol. The topological polar surface area (TPSA) is 56.1 Å². The van der Waals surface area contributed by atoms with Gasteiger partial charge in [0.05, 0.1) is 6.20 Å². The standard InChI is InChI=1S/C20H23N5O/c1-24-14-16(13-23-24)15-25-11-6-18(7-12-25)26-20-19(3-2-8-22-20)17-4-9-21-10-5-17/h2-5,8-10,13-14,18H,6-7,11-12,15H2,1H3. The van der Waals surface area contributed by atoms with Crippen molar-refractivity contribution in [1.82, 2.24) is 24.6 Å². The maximum absolute atomic E-state index is 6.27. The molecule has 0 aliphatic carbocycles.